The molecule has 40 heavy (non-hydrogen) atoms. The van der Waals surface area contributed by atoms with Crippen molar-refractivity contribution in [2.24, 2.45) is 11.8 Å². The van der Waals surface area contributed by atoms with Gasteiger partial charge < -0.3 is 24.3 Å². The van der Waals surface area contributed by atoms with Gasteiger partial charge in [-0.2, -0.15) is 0 Å². The van der Waals surface area contributed by atoms with E-state index in [1.807, 2.05) is 42.5 Å². The number of fused-ring (bicyclic) bond motifs is 1. The first-order valence-corrected chi connectivity index (χ1v) is 13.6. The van der Waals surface area contributed by atoms with Crippen molar-refractivity contribution in [3.05, 3.63) is 83.4 Å². The molecule has 0 aliphatic carbocycles. The zero-order valence-corrected chi connectivity index (χ0v) is 23.4. The van der Waals surface area contributed by atoms with Crippen molar-refractivity contribution in [2.45, 2.75) is 31.1 Å². The van der Waals surface area contributed by atoms with Gasteiger partial charge in [-0.05, 0) is 65.9 Å². The Hall–Kier alpha value is -3.79. The predicted octanol–water partition coefficient (Wildman–Crippen LogP) is 3.52. The highest BCUT2D eigenvalue weighted by atomic mass is 16.5. The van der Waals surface area contributed by atoms with E-state index in [-0.39, 0.29) is 36.0 Å². The molecule has 3 aromatic rings. The van der Waals surface area contributed by atoms with Crippen LogP contribution in [0.1, 0.15) is 35.2 Å². The minimum atomic E-state index is -0.224. The van der Waals surface area contributed by atoms with Crippen molar-refractivity contribution in [2.75, 3.05) is 35.0 Å². The summed E-state index contributed by atoms with van der Waals surface area (Å²) < 4.78 is 21.5. The molecule has 5 unspecified atom stereocenters. The lowest BCUT2D eigenvalue weighted by Crippen LogP contribution is -2.54. The average Bonchev–Trinajstić information content (AvgIpc) is 3.44. The minimum Gasteiger partial charge on any atom is -0.497 e. The van der Waals surface area contributed by atoms with E-state index in [1.165, 1.54) is 0 Å². The SMILES string of the molecule is COc1ccc(C2CC(C(=O)NCCc3ccc(OC)c(OC)c3)C3C(NNC3c3ccc(OC)cc3)N2)cc1. The van der Waals surface area contributed by atoms with Gasteiger partial charge in [-0.3, -0.25) is 10.1 Å². The second kappa shape index (κ2) is 12.6. The molecule has 4 N–H and O–H groups in total. The summed E-state index contributed by atoms with van der Waals surface area (Å²) in [5, 5.41) is 6.96. The number of nitrogens with one attached hydrogen (secondary N) is 4. The lowest BCUT2D eigenvalue weighted by atomic mass is 9.74. The third-order valence-electron chi connectivity index (χ3n) is 7.99. The minimum absolute atomic E-state index is 0.00368. The van der Waals surface area contributed by atoms with Crippen LogP contribution >= 0.6 is 0 Å². The third kappa shape index (κ3) is 5.86. The molecule has 9 heteroatoms. The van der Waals surface area contributed by atoms with Crippen LogP contribution in [0.5, 0.6) is 23.0 Å². The second-order valence-electron chi connectivity index (χ2n) is 10.2. The summed E-state index contributed by atoms with van der Waals surface area (Å²) in [6.45, 7) is 0.525. The number of carbonyl (C=O) groups excluding carboxylic acids is 1. The summed E-state index contributed by atoms with van der Waals surface area (Å²) in [6.07, 6.45) is 1.27. The van der Waals surface area contributed by atoms with Crippen LogP contribution in [0.25, 0.3) is 0 Å². The molecular weight excluding hydrogens is 508 g/mol. The van der Waals surface area contributed by atoms with Crippen LogP contribution in [-0.2, 0) is 11.2 Å². The lowest BCUT2D eigenvalue weighted by Gasteiger charge is -2.40. The molecule has 2 aliphatic heterocycles. The Morgan fingerprint density at radius 1 is 0.800 bits per heavy atom. The molecule has 5 rings (SSSR count). The summed E-state index contributed by atoms with van der Waals surface area (Å²) in [5.74, 6) is 2.81. The Labute approximate surface area is 235 Å². The second-order valence-corrected chi connectivity index (χ2v) is 10.2. The maximum absolute atomic E-state index is 13.8. The zero-order chi connectivity index (χ0) is 28.1. The van der Waals surface area contributed by atoms with Crippen molar-refractivity contribution < 1.29 is 23.7 Å². The molecule has 0 radical (unpaired) electrons. The molecule has 2 aliphatic rings. The van der Waals surface area contributed by atoms with Crippen molar-refractivity contribution in [3.8, 4) is 23.0 Å². The molecule has 0 spiro atoms. The van der Waals surface area contributed by atoms with Crippen LogP contribution < -0.4 is 40.4 Å². The molecule has 2 fully saturated rings. The quantitative estimate of drug-likeness (QED) is 0.307. The molecule has 0 aromatic heterocycles. The fourth-order valence-electron chi connectivity index (χ4n) is 5.84. The van der Waals surface area contributed by atoms with Crippen LogP contribution in [0.4, 0.5) is 0 Å². The highest BCUT2D eigenvalue weighted by molar-refractivity contribution is 5.79. The molecule has 1 amide bonds. The lowest BCUT2D eigenvalue weighted by molar-refractivity contribution is -0.128. The fraction of sp³-hybridized carbons (Fsp3) is 0.387. The van der Waals surface area contributed by atoms with E-state index in [0.717, 1.165) is 28.2 Å². The number of carbonyl (C=O) groups is 1. The molecule has 2 heterocycles. The molecule has 9 nitrogen and oxygen atoms in total. The van der Waals surface area contributed by atoms with Crippen LogP contribution in [0.2, 0.25) is 0 Å². The largest absolute Gasteiger partial charge is 0.497 e. The average molecular weight is 547 g/mol. The summed E-state index contributed by atoms with van der Waals surface area (Å²) in [7, 11) is 6.57. The van der Waals surface area contributed by atoms with Crippen LogP contribution in [0.3, 0.4) is 0 Å². The molecule has 0 bridgehead atoms. The Balaban J connectivity index is 1.34. The monoisotopic (exact) mass is 546 g/mol. The number of hydrazine groups is 1. The van der Waals surface area contributed by atoms with Gasteiger partial charge in [0.1, 0.15) is 11.5 Å². The topological polar surface area (TPSA) is 102 Å². The summed E-state index contributed by atoms with van der Waals surface area (Å²) in [4.78, 5) is 13.8. The van der Waals surface area contributed by atoms with E-state index in [9.17, 15) is 4.79 Å². The first kappa shape index (κ1) is 27.8. The van der Waals surface area contributed by atoms with Gasteiger partial charge in [-0.1, -0.05) is 30.3 Å². The number of rotatable bonds is 10. The van der Waals surface area contributed by atoms with Crippen molar-refractivity contribution >= 4 is 5.91 Å². The van der Waals surface area contributed by atoms with Crippen LogP contribution in [-0.4, -0.2) is 47.1 Å². The first-order chi connectivity index (χ1) is 19.5. The maximum Gasteiger partial charge on any atom is 0.223 e. The van der Waals surface area contributed by atoms with Gasteiger partial charge in [0.2, 0.25) is 5.91 Å². The number of piperidine rings is 1. The third-order valence-corrected chi connectivity index (χ3v) is 7.99. The maximum atomic E-state index is 13.8. The van der Waals surface area contributed by atoms with Gasteiger partial charge in [0.15, 0.2) is 11.5 Å². The van der Waals surface area contributed by atoms with Gasteiger partial charge >= 0.3 is 0 Å². The standard InChI is InChI=1S/C31H38N4O5/c1-37-22-10-6-20(7-11-22)25-18-24(31(36)32-16-15-19-5-14-26(39-3)27(17-19)40-4)28-29(34-35-30(28)33-25)21-8-12-23(38-2)13-9-21/h5-14,17,24-25,28-30,33-35H,15-16,18H2,1-4H3,(H,32,36). The predicted molar refractivity (Wildman–Crippen MR) is 153 cm³/mol. The van der Waals surface area contributed by atoms with Crippen molar-refractivity contribution in [3.63, 3.8) is 0 Å². The molecule has 0 saturated carbocycles. The number of benzene rings is 3. The Bertz CT molecular complexity index is 1280. The van der Waals surface area contributed by atoms with Gasteiger partial charge in [0.05, 0.1) is 40.6 Å². The van der Waals surface area contributed by atoms with Crippen LogP contribution in [0.15, 0.2) is 66.7 Å². The molecule has 5 atom stereocenters. The molecular formula is C31H38N4O5. The summed E-state index contributed by atoms with van der Waals surface area (Å²) in [5.41, 5.74) is 10.2. The highest BCUT2D eigenvalue weighted by Gasteiger charge is 2.49. The van der Waals surface area contributed by atoms with Gasteiger partial charge in [-0.15, -0.1) is 0 Å². The van der Waals surface area contributed by atoms with Crippen molar-refractivity contribution in [1.82, 2.24) is 21.5 Å². The number of ether oxygens (including phenoxy) is 4. The Morgan fingerprint density at radius 2 is 1.45 bits per heavy atom. The molecule has 2 saturated heterocycles. The van der Waals surface area contributed by atoms with E-state index in [0.29, 0.717) is 30.9 Å². The van der Waals surface area contributed by atoms with E-state index in [4.69, 9.17) is 18.9 Å². The number of hydrogen-bond donors (Lipinski definition) is 4. The Kier molecular flexibility index (Phi) is 8.74. The number of methoxy groups -OCH3 is 4. The smallest absolute Gasteiger partial charge is 0.223 e. The van der Waals surface area contributed by atoms with E-state index in [2.05, 4.69) is 45.8 Å². The number of hydrogen-bond acceptors (Lipinski definition) is 8. The van der Waals surface area contributed by atoms with E-state index < -0.39 is 0 Å². The van der Waals surface area contributed by atoms with Crippen molar-refractivity contribution in [1.29, 1.82) is 0 Å². The van der Waals surface area contributed by atoms with E-state index >= 15 is 0 Å². The summed E-state index contributed by atoms with van der Waals surface area (Å²) >= 11 is 0. The fourth-order valence-corrected chi connectivity index (χ4v) is 5.84. The molecule has 212 valence electrons. The highest BCUT2D eigenvalue weighted by Crippen LogP contribution is 2.42. The van der Waals surface area contributed by atoms with Gasteiger partial charge in [-0.25, -0.2) is 10.9 Å². The van der Waals surface area contributed by atoms with Gasteiger partial charge in [0.25, 0.3) is 0 Å². The van der Waals surface area contributed by atoms with E-state index in [1.54, 1.807) is 28.4 Å². The first-order valence-electron chi connectivity index (χ1n) is 13.6. The normalized spacial score (nSPS) is 23.6. The molecule has 3 aromatic carbocycles. The van der Waals surface area contributed by atoms with Gasteiger partial charge in [0, 0.05) is 24.4 Å². The zero-order valence-electron chi connectivity index (χ0n) is 23.4. The Morgan fingerprint density at radius 3 is 2.08 bits per heavy atom. The number of amides is 1. The summed E-state index contributed by atoms with van der Waals surface area (Å²) in [6, 6.07) is 21.9. The van der Waals surface area contributed by atoms with Crippen LogP contribution in [0, 0.1) is 11.8 Å².